The second-order valence-electron chi connectivity index (χ2n) is 5.24. The number of nitrogen functional groups attached to an aromatic ring is 1. The molecule has 0 atom stereocenters. The lowest BCUT2D eigenvalue weighted by Crippen LogP contribution is -2.29. The Hall–Kier alpha value is -1.87. The maximum Gasteiger partial charge on any atom is 0.301 e. The molecule has 2 rings (SSSR count). The first-order valence-corrected chi connectivity index (χ1v) is 7.70. The van der Waals surface area contributed by atoms with E-state index in [2.05, 4.69) is 14.4 Å². The van der Waals surface area contributed by atoms with Crippen molar-refractivity contribution in [3.8, 4) is 0 Å². The number of hydrogen-bond donors (Lipinski definition) is 2. The smallest absolute Gasteiger partial charge is 0.301 e. The molecule has 118 valence electrons. The van der Waals surface area contributed by atoms with Crippen LogP contribution in [0.5, 0.6) is 0 Å². The van der Waals surface area contributed by atoms with Gasteiger partial charge in [0.25, 0.3) is 6.47 Å². The third-order valence-corrected chi connectivity index (χ3v) is 3.89. The van der Waals surface area contributed by atoms with Gasteiger partial charge >= 0.3 is 10.2 Å². The number of rotatable bonds is 2. The molecule has 8 nitrogen and oxygen atoms in total. The molecule has 9 heteroatoms. The molecule has 21 heavy (non-hydrogen) atoms. The number of ether oxygens (including phenoxy) is 1. The van der Waals surface area contributed by atoms with Gasteiger partial charge in [0.15, 0.2) is 0 Å². The first-order chi connectivity index (χ1) is 9.65. The van der Waals surface area contributed by atoms with E-state index in [1.54, 1.807) is 6.07 Å². The van der Waals surface area contributed by atoms with Crippen LogP contribution in [0.3, 0.4) is 0 Å². The molecule has 0 aromatic carbocycles. The van der Waals surface area contributed by atoms with E-state index in [-0.39, 0.29) is 5.60 Å². The quantitative estimate of drug-likeness (QED) is 0.757. The Bertz CT molecular complexity index is 583. The zero-order valence-electron chi connectivity index (χ0n) is 12.2. The standard InChI is InChI=1S/C7H10N4O2S.C5H10O2/c8-7-5-6(1-2-9-7)11-4-3-10-14(11,12)13;1-5(2,3)7-4-6/h1-2,5,10H,3-4H2,(H2,8,9);4H,1-3H3. The van der Waals surface area contributed by atoms with Gasteiger partial charge in [-0.1, -0.05) is 0 Å². The van der Waals surface area contributed by atoms with Crippen LogP contribution in [0.25, 0.3) is 0 Å². The highest BCUT2D eigenvalue weighted by Crippen LogP contribution is 2.20. The van der Waals surface area contributed by atoms with Crippen molar-refractivity contribution in [3.63, 3.8) is 0 Å². The Kier molecular flexibility index (Phi) is 5.50. The molecule has 1 aliphatic heterocycles. The maximum absolute atomic E-state index is 11.4. The highest BCUT2D eigenvalue weighted by Gasteiger charge is 2.27. The summed E-state index contributed by atoms with van der Waals surface area (Å²) in [5.74, 6) is 0.310. The van der Waals surface area contributed by atoms with Crippen LogP contribution in [0.15, 0.2) is 18.3 Å². The highest BCUT2D eigenvalue weighted by atomic mass is 32.2. The topological polar surface area (TPSA) is 115 Å². The average Bonchev–Trinajstić information content (AvgIpc) is 2.68. The Balaban J connectivity index is 0.000000270. The zero-order valence-corrected chi connectivity index (χ0v) is 13.1. The first kappa shape index (κ1) is 17.2. The summed E-state index contributed by atoms with van der Waals surface area (Å²) in [6, 6.07) is 3.14. The van der Waals surface area contributed by atoms with Crippen molar-refractivity contribution in [2.75, 3.05) is 23.1 Å². The maximum atomic E-state index is 11.4. The molecule has 1 fully saturated rings. The number of hydrogen-bond acceptors (Lipinski definition) is 6. The molecule has 0 radical (unpaired) electrons. The number of anilines is 2. The molecule has 1 aromatic rings. The van der Waals surface area contributed by atoms with Crippen molar-refractivity contribution >= 4 is 28.2 Å². The fraction of sp³-hybridized carbons (Fsp3) is 0.500. The monoisotopic (exact) mass is 316 g/mol. The van der Waals surface area contributed by atoms with Crippen molar-refractivity contribution in [1.82, 2.24) is 9.71 Å². The van der Waals surface area contributed by atoms with Gasteiger partial charge in [0.1, 0.15) is 11.4 Å². The van der Waals surface area contributed by atoms with Crippen LogP contribution in [0.2, 0.25) is 0 Å². The summed E-state index contributed by atoms with van der Waals surface area (Å²) in [5.41, 5.74) is 5.69. The molecular weight excluding hydrogens is 296 g/mol. The van der Waals surface area contributed by atoms with Crippen LogP contribution < -0.4 is 14.8 Å². The van der Waals surface area contributed by atoms with Gasteiger partial charge in [0.2, 0.25) is 0 Å². The van der Waals surface area contributed by atoms with Crippen LogP contribution in [-0.2, 0) is 19.7 Å². The minimum atomic E-state index is -3.36. The van der Waals surface area contributed by atoms with Gasteiger partial charge in [-0.25, -0.2) is 4.98 Å². The lowest BCUT2D eigenvalue weighted by Gasteiger charge is -2.15. The van der Waals surface area contributed by atoms with Gasteiger partial charge in [-0.15, -0.1) is 0 Å². The van der Waals surface area contributed by atoms with E-state index < -0.39 is 10.2 Å². The summed E-state index contributed by atoms with van der Waals surface area (Å²) in [5, 5.41) is 0. The summed E-state index contributed by atoms with van der Waals surface area (Å²) in [4.78, 5) is 13.4. The molecule has 2 heterocycles. The van der Waals surface area contributed by atoms with Crippen molar-refractivity contribution < 1.29 is 17.9 Å². The van der Waals surface area contributed by atoms with Crippen LogP contribution in [-0.4, -0.2) is 38.6 Å². The normalized spacial score (nSPS) is 16.8. The zero-order chi connectivity index (χ0) is 16.1. The predicted molar refractivity (Wildman–Crippen MR) is 79.8 cm³/mol. The summed E-state index contributed by atoms with van der Waals surface area (Å²) >= 11 is 0. The van der Waals surface area contributed by atoms with E-state index >= 15 is 0 Å². The van der Waals surface area contributed by atoms with E-state index in [1.165, 1.54) is 16.6 Å². The van der Waals surface area contributed by atoms with Crippen molar-refractivity contribution in [2.24, 2.45) is 0 Å². The van der Waals surface area contributed by atoms with Gasteiger partial charge < -0.3 is 10.5 Å². The SMILES string of the molecule is CC(C)(C)OC=O.Nc1cc(N2CCNS2(=O)=O)ccn1. The largest absolute Gasteiger partial charge is 0.462 e. The molecule has 0 amide bonds. The van der Waals surface area contributed by atoms with E-state index in [0.717, 1.165) is 0 Å². The Morgan fingerprint density at radius 1 is 1.48 bits per heavy atom. The van der Waals surface area contributed by atoms with Crippen molar-refractivity contribution in [2.45, 2.75) is 26.4 Å². The first-order valence-electron chi connectivity index (χ1n) is 6.26. The molecule has 0 unspecified atom stereocenters. The fourth-order valence-corrected chi connectivity index (χ4v) is 2.71. The Labute approximate surface area is 124 Å². The number of nitrogens with two attached hydrogens (primary N) is 1. The summed E-state index contributed by atoms with van der Waals surface area (Å²) < 4.78 is 31.1. The molecule has 1 saturated heterocycles. The van der Waals surface area contributed by atoms with Gasteiger partial charge in [0.05, 0.1) is 5.69 Å². The molecule has 0 spiro atoms. The second kappa shape index (κ2) is 6.72. The van der Waals surface area contributed by atoms with Crippen LogP contribution >= 0.6 is 0 Å². The third kappa shape index (κ3) is 5.56. The molecule has 1 aliphatic rings. The van der Waals surface area contributed by atoms with Gasteiger partial charge in [-0.05, 0) is 26.8 Å². The lowest BCUT2D eigenvalue weighted by molar-refractivity contribution is -0.138. The Morgan fingerprint density at radius 3 is 2.52 bits per heavy atom. The average molecular weight is 316 g/mol. The number of nitrogens with zero attached hydrogens (tertiary/aromatic N) is 2. The van der Waals surface area contributed by atoms with Crippen LogP contribution in [0.4, 0.5) is 11.5 Å². The van der Waals surface area contributed by atoms with Crippen molar-refractivity contribution in [1.29, 1.82) is 0 Å². The minimum absolute atomic E-state index is 0.310. The number of carbonyl (C=O) groups is 1. The number of nitrogens with one attached hydrogen (secondary N) is 1. The fourth-order valence-electron chi connectivity index (χ4n) is 1.48. The van der Waals surface area contributed by atoms with Crippen molar-refractivity contribution in [3.05, 3.63) is 18.3 Å². The Morgan fingerprint density at radius 2 is 2.14 bits per heavy atom. The molecule has 0 aliphatic carbocycles. The predicted octanol–water partition coefficient (Wildman–Crippen LogP) is 0.276. The highest BCUT2D eigenvalue weighted by molar-refractivity contribution is 7.91. The van der Waals surface area contributed by atoms with Crippen LogP contribution in [0, 0.1) is 0 Å². The lowest BCUT2D eigenvalue weighted by atomic mass is 10.2. The summed E-state index contributed by atoms with van der Waals surface area (Å²) in [7, 11) is -3.36. The van der Waals surface area contributed by atoms with Gasteiger partial charge in [0, 0.05) is 25.4 Å². The second-order valence-corrected chi connectivity index (χ2v) is 6.92. The molecule has 0 saturated carbocycles. The summed E-state index contributed by atoms with van der Waals surface area (Å²) in [6.45, 7) is 6.76. The number of carbonyl (C=O) groups excluding carboxylic acids is 1. The summed E-state index contributed by atoms with van der Waals surface area (Å²) in [6.07, 6.45) is 1.48. The van der Waals surface area contributed by atoms with Crippen LogP contribution in [0.1, 0.15) is 20.8 Å². The van der Waals surface area contributed by atoms with Gasteiger partial charge in [-0.2, -0.15) is 13.1 Å². The minimum Gasteiger partial charge on any atom is -0.462 e. The van der Waals surface area contributed by atoms with E-state index in [0.29, 0.717) is 31.1 Å². The van der Waals surface area contributed by atoms with E-state index in [4.69, 9.17) is 5.73 Å². The van der Waals surface area contributed by atoms with E-state index in [9.17, 15) is 13.2 Å². The molecule has 1 aromatic heterocycles. The van der Waals surface area contributed by atoms with Gasteiger partial charge in [-0.3, -0.25) is 9.10 Å². The number of pyridine rings is 1. The third-order valence-electron chi connectivity index (χ3n) is 2.34. The molecule has 0 bridgehead atoms. The molecular formula is C12H20N4O4S. The molecule has 3 N–H and O–H groups in total. The number of aromatic nitrogens is 1. The van der Waals surface area contributed by atoms with E-state index in [1.807, 2.05) is 20.8 Å².